The summed E-state index contributed by atoms with van der Waals surface area (Å²) in [5.74, 6) is -0.314. The first-order valence-corrected chi connectivity index (χ1v) is 7.14. The number of halogens is 1. The summed E-state index contributed by atoms with van der Waals surface area (Å²) < 4.78 is 1.71. The average molecular weight is 321 g/mol. The Bertz CT molecular complexity index is 692. The maximum Gasteiger partial charge on any atom is 0.271 e. The van der Waals surface area contributed by atoms with E-state index in [1.807, 2.05) is 13.8 Å². The molecule has 0 unspecified atom stereocenters. The summed E-state index contributed by atoms with van der Waals surface area (Å²) in [6.45, 7) is 4.19. The van der Waals surface area contributed by atoms with Crippen LogP contribution >= 0.6 is 11.6 Å². The van der Waals surface area contributed by atoms with Crippen LogP contribution in [-0.2, 0) is 6.54 Å². The van der Waals surface area contributed by atoms with Gasteiger partial charge in [-0.3, -0.25) is 9.48 Å². The van der Waals surface area contributed by atoms with Crippen molar-refractivity contribution in [3.8, 4) is 0 Å². The lowest BCUT2D eigenvalue weighted by atomic mass is 10.2. The van der Waals surface area contributed by atoms with Crippen LogP contribution in [0.2, 0.25) is 5.02 Å². The van der Waals surface area contributed by atoms with Crippen molar-refractivity contribution in [2.75, 3.05) is 6.61 Å². The molecular weight excluding hydrogens is 304 g/mol. The number of rotatable bonds is 5. The number of hydrazone groups is 1. The van der Waals surface area contributed by atoms with Crippen LogP contribution in [0.3, 0.4) is 0 Å². The number of aliphatic hydroxyl groups excluding tert-OH is 1. The molecule has 0 spiro atoms. The Morgan fingerprint density at radius 3 is 2.73 bits per heavy atom. The number of nitrogens with one attached hydrogen (secondary N) is 1. The van der Waals surface area contributed by atoms with Gasteiger partial charge in [0.15, 0.2) is 0 Å². The monoisotopic (exact) mass is 320 g/mol. The molecule has 0 atom stereocenters. The van der Waals surface area contributed by atoms with Gasteiger partial charge >= 0.3 is 0 Å². The van der Waals surface area contributed by atoms with Gasteiger partial charge in [0.05, 0.1) is 25.1 Å². The van der Waals surface area contributed by atoms with Gasteiger partial charge in [0.1, 0.15) is 0 Å². The van der Waals surface area contributed by atoms with Crippen molar-refractivity contribution in [2.24, 2.45) is 5.10 Å². The number of hydrogen-bond donors (Lipinski definition) is 2. The number of carbonyl (C=O) groups is 1. The Balaban J connectivity index is 2.06. The highest BCUT2D eigenvalue weighted by Gasteiger charge is 2.09. The second-order valence-electron chi connectivity index (χ2n) is 4.74. The fourth-order valence-electron chi connectivity index (χ4n) is 2.03. The van der Waals surface area contributed by atoms with Crippen molar-refractivity contribution < 1.29 is 9.90 Å². The topological polar surface area (TPSA) is 79.5 Å². The molecule has 0 radical (unpaired) electrons. The molecule has 22 heavy (non-hydrogen) atoms. The van der Waals surface area contributed by atoms with Gasteiger partial charge in [-0.25, -0.2) is 5.43 Å². The molecule has 116 valence electrons. The van der Waals surface area contributed by atoms with Crippen molar-refractivity contribution in [1.29, 1.82) is 0 Å². The first-order valence-electron chi connectivity index (χ1n) is 6.76. The molecule has 0 aliphatic heterocycles. The maximum atomic E-state index is 11.9. The molecule has 1 amide bonds. The number of hydrogen-bond acceptors (Lipinski definition) is 4. The molecule has 0 aliphatic rings. The largest absolute Gasteiger partial charge is 0.394 e. The first-order chi connectivity index (χ1) is 10.5. The minimum absolute atomic E-state index is 0.0197. The van der Waals surface area contributed by atoms with E-state index in [1.54, 1.807) is 35.2 Å². The fourth-order valence-corrected chi connectivity index (χ4v) is 2.16. The average Bonchev–Trinajstić information content (AvgIpc) is 2.75. The zero-order valence-corrected chi connectivity index (χ0v) is 13.1. The van der Waals surface area contributed by atoms with Crippen molar-refractivity contribution in [1.82, 2.24) is 15.2 Å². The highest BCUT2D eigenvalue weighted by Crippen LogP contribution is 2.11. The van der Waals surface area contributed by atoms with E-state index >= 15 is 0 Å². The van der Waals surface area contributed by atoms with Gasteiger partial charge < -0.3 is 5.11 Å². The summed E-state index contributed by atoms with van der Waals surface area (Å²) in [7, 11) is 0. The third-order valence-corrected chi connectivity index (χ3v) is 3.47. The summed E-state index contributed by atoms with van der Waals surface area (Å²) in [6, 6.07) is 6.55. The molecule has 0 fully saturated rings. The van der Waals surface area contributed by atoms with Gasteiger partial charge in [-0.1, -0.05) is 11.6 Å². The van der Waals surface area contributed by atoms with Crippen molar-refractivity contribution in [3.63, 3.8) is 0 Å². The molecule has 0 saturated heterocycles. The van der Waals surface area contributed by atoms with E-state index in [4.69, 9.17) is 16.7 Å². The molecule has 2 N–H and O–H groups in total. The van der Waals surface area contributed by atoms with Crippen molar-refractivity contribution >= 4 is 23.7 Å². The van der Waals surface area contributed by atoms with Crippen LogP contribution in [0.25, 0.3) is 0 Å². The second kappa shape index (κ2) is 7.20. The standard InChI is InChI=1S/C15H17ClN4O2/c1-10-14(11(2)20(19-10)7-8-21)9-17-18-15(22)12-3-5-13(16)6-4-12/h3-6,9,21H,7-8H2,1-2H3,(H,18,22)/b17-9+. The Kier molecular flexibility index (Phi) is 5.30. The minimum atomic E-state index is -0.314. The van der Waals surface area contributed by atoms with Crippen LogP contribution in [0.15, 0.2) is 29.4 Å². The predicted molar refractivity (Wildman–Crippen MR) is 85.3 cm³/mol. The van der Waals surface area contributed by atoms with Crippen LogP contribution in [0, 0.1) is 13.8 Å². The van der Waals surface area contributed by atoms with E-state index < -0.39 is 0 Å². The van der Waals surface area contributed by atoms with Gasteiger partial charge in [-0.2, -0.15) is 10.2 Å². The number of benzene rings is 1. The van der Waals surface area contributed by atoms with Crippen LogP contribution < -0.4 is 5.43 Å². The van der Waals surface area contributed by atoms with Crippen molar-refractivity contribution in [3.05, 3.63) is 51.8 Å². The highest BCUT2D eigenvalue weighted by atomic mass is 35.5. The summed E-state index contributed by atoms with van der Waals surface area (Å²) >= 11 is 5.78. The number of carbonyl (C=O) groups excluding carboxylic acids is 1. The maximum absolute atomic E-state index is 11.9. The summed E-state index contributed by atoms with van der Waals surface area (Å²) in [5, 5.41) is 17.8. The number of aryl methyl sites for hydroxylation is 1. The molecule has 6 nitrogen and oxygen atoms in total. The van der Waals surface area contributed by atoms with E-state index in [0.717, 1.165) is 17.0 Å². The zero-order chi connectivity index (χ0) is 16.1. The highest BCUT2D eigenvalue weighted by molar-refractivity contribution is 6.30. The second-order valence-corrected chi connectivity index (χ2v) is 5.17. The number of nitrogens with zero attached hydrogens (tertiary/aromatic N) is 3. The number of aliphatic hydroxyl groups is 1. The molecule has 2 aromatic rings. The molecular formula is C15H17ClN4O2. The van der Waals surface area contributed by atoms with Crippen molar-refractivity contribution in [2.45, 2.75) is 20.4 Å². The van der Waals surface area contributed by atoms with Crippen LogP contribution in [-0.4, -0.2) is 33.6 Å². The molecule has 1 aromatic heterocycles. The molecule has 0 saturated carbocycles. The first kappa shape index (κ1) is 16.2. The Hall–Kier alpha value is -2.18. The lowest BCUT2D eigenvalue weighted by Crippen LogP contribution is -2.17. The van der Waals surface area contributed by atoms with E-state index in [9.17, 15) is 4.79 Å². The van der Waals surface area contributed by atoms with Gasteiger partial charge in [-0.15, -0.1) is 0 Å². The van der Waals surface area contributed by atoms with E-state index in [2.05, 4.69) is 15.6 Å². The molecule has 0 aliphatic carbocycles. The normalized spacial score (nSPS) is 11.1. The smallest absolute Gasteiger partial charge is 0.271 e. The van der Waals surface area contributed by atoms with Crippen LogP contribution in [0.5, 0.6) is 0 Å². The molecule has 7 heteroatoms. The lowest BCUT2D eigenvalue weighted by Gasteiger charge is -2.01. The number of amides is 1. The van der Waals surface area contributed by atoms with Gasteiger partial charge in [0.25, 0.3) is 5.91 Å². The summed E-state index contributed by atoms with van der Waals surface area (Å²) in [5.41, 5.74) is 5.44. The number of aromatic nitrogens is 2. The lowest BCUT2D eigenvalue weighted by molar-refractivity contribution is 0.0955. The minimum Gasteiger partial charge on any atom is -0.394 e. The SMILES string of the molecule is Cc1nn(CCO)c(C)c1/C=N/NC(=O)c1ccc(Cl)cc1. The van der Waals surface area contributed by atoms with Gasteiger partial charge in [0.2, 0.25) is 0 Å². The third kappa shape index (κ3) is 3.72. The quantitative estimate of drug-likeness (QED) is 0.652. The predicted octanol–water partition coefficient (Wildman–Crippen LogP) is 1.91. The zero-order valence-electron chi connectivity index (χ0n) is 12.4. The van der Waals surface area contributed by atoms with Gasteiger partial charge in [0, 0.05) is 21.8 Å². The van der Waals surface area contributed by atoms with Crippen LogP contribution in [0.4, 0.5) is 0 Å². The fraction of sp³-hybridized carbons (Fsp3) is 0.267. The molecule has 1 aromatic carbocycles. The van der Waals surface area contributed by atoms with Gasteiger partial charge in [-0.05, 0) is 38.1 Å². The van der Waals surface area contributed by atoms with E-state index in [1.165, 1.54) is 0 Å². The Morgan fingerprint density at radius 2 is 2.09 bits per heavy atom. The van der Waals surface area contributed by atoms with Crippen LogP contribution in [0.1, 0.15) is 27.3 Å². The molecule has 1 heterocycles. The summed E-state index contributed by atoms with van der Waals surface area (Å²) in [6.07, 6.45) is 1.55. The Labute approximate surface area is 133 Å². The van der Waals surface area contributed by atoms with E-state index in [-0.39, 0.29) is 12.5 Å². The summed E-state index contributed by atoms with van der Waals surface area (Å²) in [4.78, 5) is 11.9. The third-order valence-electron chi connectivity index (χ3n) is 3.22. The Morgan fingerprint density at radius 1 is 1.41 bits per heavy atom. The molecule has 0 bridgehead atoms. The van der Waals surface area contributed by atoms with E-state index in [0.29, 0.717) is 17.1 Å². The molecule has 2 rings (SSSR count).